The molecule has 6 heteroatoms. The first-order chi connectivity index (χ1) is 13.8. The highest BCUT2D eigenvalue weighted by atomic mass is 16.2. The van der Waals surface area contributed by atoms with Crippen LogP contribution in [0.25, 0.3) is 0 Å². The first-order valence-corrected chi connectivity index (χ1v) is 9.86. The Bertz CT molecular complexity index is 932. The first-order valence-electron chi connectivity index (χ1n) is 9.86. The predicted molar refractivity (Wildman–Crippen MR) is 113 cm³/mol. The molecule has 3 rings (SSSR count). The zero-order chi connectivity index (χ0) is 21.2. The number of hydrogen-bond acceptors (Lipinski definition) is 3. The van der Waals surface area contributed by atoms with Gasteiger partial charge in [0.25, 0.3) is 5.91 Å². The van der Waals surface area contributed by atoms with Crippen molar-refractivity contribution in [1.82, 2.24) is 10.2 Å². The molecule has 2 N–H and O–H groups in total. The molecule has 2 aromatic carbocycles. The van der Waals surface area contributed by atoms with Crippen LogP contribution in [0.3, 0.4) is 0 Å². The molecule has 29 heavy (non-hydrogen) atoms. The van der Waals surface area contributed by atoms with Crippen LogP contribution < -0.4 is 10.6 Å². The second-order valence-corrected chi connectivity index (χ2v) is 7.66. The summed E-state index contributed by atoms with van der Waals surface area (Å²) >= 11 is 0. The fraction of sp³-hybridized carbons (Fsp3) is 0.348. The SMILES string of the molecule is CCCC1(c2ccccc2)NC(=O)N(CC(=O)Nc2c(C)cc(C)cc2C)C1=O. The molecule has 6 nitrogen and oxygen atoms in total. The molecule has 1 fully saturated rings. The summed E-state index contributed by atoms with van der Waals surface area (Å²) < 4.78 is 0. The Morgan fingerprint density at radius 2 is 1.69 bits per heavy atom. The van der Waals surface area contributed by atoms with Gasteiger partial charge in [-0.05, 0) is 43.9 Å². The highest BCUT2D eigenvalue weighted by Crippen LogP contribution is 2.33. The topological polar surface area (TPSA) is 78.5 Å². The Kier molecular flexibility index (Phi) is 5.73. The Morgan fingerprint density at radius 1 is 1.07 bits per heavy atom. The maximum atomic E-state index is 13.3. The lowest BCUT2D eigenvalue weighted by molar-refractivity contribution is -0.134. The molecule has 0 aromatic heterocycles. The van der Waals surface area contributed by atoms with Gasteiger partial charge >= 0.3 is 6.03 Å². The van der Waals surface area contributed by atoms with Gasteiger partial charge in [0, 0.05) is 5.69 Å². The fourth-order valence-corrected chi connectivity index (χ4v) is 4.08. The summed E-state index contributed by atoms with van der Waals surface area (Å²) in [7, 11) is 0. The van der Waals surface area contributed by atoms with Crippen LogP contribution in [0.4, 0.5) is 10.5 Å². The number of carbonyl (C=O) groups excluding carboxylic acids is 3. The maximum Gasteiger partial charge on any atom is 0.325 e. The van der Waals surface area contributed by atoms with E-state index in [-0.39, 0.29) is 12.5 Å². The number of aryl methyl sites for hydroxylation is 3. The van der Waals surface area contributed by atoms with Crippen molar-refractivity contribution in [3.63, 3.8) is 0 Å². The van der Waals surface area contributed by atoms with Gasteiger partial charge in [0.2, 0.25) is 5.91 Å². The van der Waals surface area contributed by atoms with Crippen molar-refractivity contribution in [2.24, 2.45) is 0 Å². The smallest absolute Gasteiger partial charge is 0.324 e. The van der Waals surface area contributed by atoms with Crippen molar-refractivity contribution in [3.8, 4) is 0 Å². The summed E-state index contributed by atoms with van der Waals surface area (Å²) in [6, 6.07) is 12.6. The third kappa shape index (κ3) is 3.88. The van der Waals surface area contributed by atoms with Gasteiger partial charge in [-0.1, -0.05) is 61.4 Å². The molecular formula is C23H27N3O3. The number of benzene rings is 2. The lowest BCUT2D eigenvalue weighted by Crippen LogP contribution is -2.44. The number of amides is 4. The van der Waals surface area contributed by atoms with E-state index in [9.17, 15) is 14.4 Å². The molecule has 0 aliphatic carbocycles. The van der Waals surface area contributed by atoms with E-state index in [0.29, 0.717) is 12.8 Å². The van der Waals surface area contributed by atoms with Crippen LogP contribution in [0.5, 0.6) is 0 Å². The summed E-state index contributed by atoms with van der Waals surface area (Å²) in [6.45, 7) is 7.48. The molecule has 1 aliphatic rings. The highest BCUT2D eigenvalue weighted by molar-refractivity contribution is 6.10. The lowest BCUT2D eigenvalue weighted by Gasteiger charge is -2.26. The Labute approximate surface area is 171 Å². The zero-order valence-corrected chi connectivity index (χ0v) is 17.3. The van der Waals surface area contributed by atoms with Crippen LogP contribution in [-0.2, 0) is 15.1 Å². The normalized spacial score (nSPS) is 18.7. The van der Waals surface area contributed by atoms with E-state index in [2.05, 4.69) is 10.6 Å². The van der Waals surface area contributed by atoms with Gasteiger partial charge in [-0.3, -0.25) is 14.5 Å². The molecule has 1 atom stereocenters. The second kappa shape index (κ2) is 8.07. The summed E-state index contributed by atoms with van der Waals surface area (Å²) in [5.41, 5.74) is 3.32. The summed E-state index contributed by atoms with van der Waals surface area (Å²) in [5.74, 6) is -0.785. The van der Waals surface area contributed by atoms with E-state index in [0.717, 1.165) is 32.8 Å². The minimum absolute atomic E-state index is 0.324. The van der Waals surface area contributed by atoms with Gasteiger partial charge in [0.15, 0.2) is 0 Å². The van der Waals surface area contributed by atoms with Crippen molar-refractivity contribution < 1.29 is 14.4 Å². The van der Waals surface area contributed by atoms with Crippen molar-refractivity contribution in [1.29, 1.82) is 0 Å². The molecule has 152 valence electrons. The average Bonchev–Trinajstić information content (AvgIpc) is 2.91. The number of rotatable bonds is 6. The highest BCUT2D eigenvalue weighted by Gasteiger charge is 2.52. The van der Waals surface area contributed by atoms with Crippen LogP contribution in [0, 0.1) is 20.8 Å². The summed E-state index contributed by atoms with van der Waals surface area (Å²) in [6.07, 6.45) is 1.18. The number of imide groups is 1. The largest absolute Gasteiger partial charge is 0.325 e. The molecule has 2 aromatic rings. The van der Waals surface area contributed by atoms with Crippen LogP contribution in [0.2, 0.25) is 0 Å². The van der Waals surface area contributed by atoms with E-state index < -0.39 is 17.5 Å². The van der Waals surface area contributed by atoms with Gasteiger partial charge in [-0.2, -0.15) is 0 Å². The van der Waals surface area contributed by atoms with Gasteiger partial charge in [-0.15, -0.1) is 0 Å². The van der Waals surface area contributed by atoms with Gasteiger partial charge < -0.3 is 10.6 Å². The van der Waals surface area contributed by atoms with E-state index in [1.807, 2.05) is 70.2 Å². The fourth-order valence-electron chi connectivity index (χ4n) is 4.08. The maximum absolute atomic E-state index is 13.3. The third-order valence-electron chi connectivity index (χ3n) is 5.31. The van der Waals surface area contributed by atoms with Crippen molar-refractivity contribution in [3.05, 3.63) is 64.7 Å². The number of nitrogens with one attached hydrogen (secondary N) is 2. The molecule has 0 saturated carbocycles. The molecule has 1 saturated heterocycles. The molecule has 1 unspecified atom stereocenters. The molecule has 0 spiro atoms. The zero-order valence-electron chi connectivity index (χ0n) is 17.3. The van der Waals surface area contributed by atoms with Crippen LogP contribution in [-0.4, -0.2) is 29.3 Å². The number of anilines is 1. The molecule has 4 amide bonds. The van der Waals surface area contributed by atoms with Crippen molar-refractivity contribution in [2.45, 2.75) is 46.1 Å². The van der Waals surface area contributed by atoms with E-state index in [4.69, 9.17) is 0 Å². The Morgan fingerprint density at radius 3 is 2.28 bits per heavy atom. The predicted octanol–water partition coefficient (Wildman–Crippen LogP) is 3.80. The second-order valence-electron chi connectivity index (χ2n) is 7.66. The number of carbonyl (C=O) groups is 3. The molecule has 1 aliphatic heterocycles. The van der Waals surface area contributed by atoms with Crippen LogP contribution in [0.15, 0.2) is 42.5 Å². The third-order valence-corrected chi connectivity index (χ3v) is 5.31. The van der Waals surface area contributed by atoms with Gasteiger partial charge in [-0.25, -0.2) is 4.79 Å². The van der Waals surface area contributed by atoms with Gasteiger partial charge in [0.1, 0.15) is 12.1 Å². The monoisotopic (exact) mass is 393 g/mol. The standard InChI is InChI=1S/C23H27N3O3/c1-5-11-23(18-9-7-6-8-10-18)21(28)26(22(29)25-23)14-19(27)24-20-16(3)12-15(2)13-17(20)4/h6-10,12-13H,5,11,14H2,1-4H3,(H,24,27)(H,25,29). The molecular weight excluding hydrogens is 366 g/mol. The quantitative estimate of drug-likeness (QED) is 0.733. The number of nitrogens with zero attached hydrogens (tertiary/aromatic N) is 1. The lowest BCUT2D eigenvalue weighted by atomic mass is 9.85. The van der Waals surface area contributed by atoms with Crippen molar-refractivity contribution >= 4 is 23.5 Å². The number of urea groups is 1. The van der Waals surface area contributed by atoms with Gasteiger partial charge in [0.05, 0.1) is 0 Å². The van der Waals surface area contributed by atoms with E-state index in [1.165, 1.54) is 0 Å². The molecule has 0 bridgehead atoms. The summed E-state index contributed by atoms with van der Waals surface area (Å²) in [5, 5.41) is 5.70. The number of hydrogen-bond donors (Lipinski definition) is 2. The Balaban J connectivity index is 1.82. The van der Waals surface area contributed by atoms with Crippen molar-refractivity contribution in [2.75, 3.05) is 11.9 Å². The van der Waals surface area contributed by atoms with E-state index in [1.54, 1.807) is 0 Å². The minimum atomic E-state index is -1.12. The van der Waals surface area contributed by atoms with E-state index >= 15 is 0 Å². The first kappa shape index (κ1) is 20.6. The molecule has 1 heterocycles. The van der Waals surface area contributed by atoms with Crippen LogP contribution in [0.1, 0.15) is 42.0 Å². The average molecular weight is 393 g/mol. The minimum Gasteiger partial charge on any atom is -0.324 e. The molecule has 0 radical (unpaired) electrons. The Hall–Kier alpha value is -3.15. The summed E-state index contributed by atoms with van der Waals surface area (Å²) in [4.78, 5) is 39.6. The van der Waals surface area contributed by atoms with Crippen LogP contribution >= 0.6 is 0 Å².